The van der Waals surface area contributed by atoms with Crippen LogP contribution in [0.1, 0.15) is 24.7 Å². The summed E-state index contributed by atoms with van der Waals surface area (Å²) < 4.78 is 0. The molecular formula is C13H22N4O. The molecule has 1 aromatic rings. The minimum Gasteiger partial charge on any atom is -0.396 e. The number of nitrogens with one attached hydrogen (secondary N) is 1. The van der Waals surface area contributed by atoms with Gasteiger partial charge in [0.2, 0.25) is 0 Å². The predicted octanol–water partition coefficient (Wildman–Crippen LogP) is 1.21. The Morgan fingerprint density at radius 3 is 2.78 bits per heavy atom. The minimum absolute atomic E-state index is 0.264. The number of rotatable bonds is 4. The van der Waals surface area contributed by atoms with E-state index in [1.54, 1.807) is 0 Å². The van der Waals surface area contributed by atoms with Crippen LogP contribution in [0.2, 0.25) is 0 Å². The molecule has 5 heteroatoms. The van der Waals surface area contributed by atoms with E-state index in [1.807, 2.05) is 14.0 Å². The van der Waals surface area contributed by atoms with E-state index in [0.29, 0.717) is 5.92 Å². The van der Waals surface area contributed by atoms with Gasteiger partial charge in [-0.15, -0.1) is 0 Å². The summed E-state index contributed by atoms with van der Waals surface area (Å²) in [5.74, 6) is 3.17. The molecule has 1 saturated heterocycles. The molecule has 0 amide bonds. The minimum atomic E-state index is 0.264. The molecule has 1 atom stereocenters. The van der Waals surface area contributed by atoms with Crippen LogP contribution in [-0.4, -0.2) is 41.8 Å². The summed E-state index contributed by atoms with van der Waals surface area (Å²) in [7, 11) is 1.89. The van der Waals surface area contributed by atoms with E-state index in [9.17, 15) is 5.11 Å². The van der Waals surface area contributed by atoms with Crippen molar-refractivity contribution in [1.82, 2.24) is 9.97 Å². The normalized spacial score (nSPS) is 19.3. The highest BCUT2D eigenvalue weighted by molar-refractivity contribution is 5.58. The molecule has 1 fully saturated rings. The van der Waals surface area contributed by atoms with Gasteiger partial charge in [0.1, 0.15) is 17.5 Å². The highest BCUT2D eigenvalue weighted by Crippen LogP contribution is 2.28. The van der Waals surface area contributed by atoms with E-state index in [0.717, 1.165) is 49.0 Å². The number of hydrogen-bond acceptors (Lipinski definition) is 5. The van der Waals surface area contributed by atoms with Gasteiger partial charge in [-0.2, -0.15) is 0 Å². The third kappa shape index (κ3) is 2.41. The molecule has 1 unspecified atom stereocenters. The highest BCUT2D eigenvalue weighted by Gasteiger charge is 2.25. The number of hydrogen-bond donors (Lipinski definition) is 2. The van der Waals surface area contributed by atoms with Crippen molar-refractivity contribution in [3.05, 3.63) is 11.4 Å². The van der Waals surface area contributed by atoms with Gasteiger partial charge in [0, 0.05) is 44.6 Å². The topological polar surface area (TPSA) is 61.3 Å². The Labute approximate surface area is 108 Å². The molecule has 2 heterocycles. The Balaban J connectivity index is 2.31. The maximum atomic E-state index is 9.23. The fourth-order valence-corrected chi connectivity index (χ4v) is 2.43. The van der Waals surface area contributed by atoms with Crippen LogP contribution in [0.15, 0.2) is 0 Å². The zero-order chi connectivity index (χ0) is 13.1. The molecule has 2 rings (SSSR count). The monoisotopic (exact) mass is 250 g/mol. The second-order valence-corrected chi connectivity index (χ2v) is 4.82. The van der Waals surface area contributed by atoms with Gasteiger partial charge in [-0.1, -0.05) is 6.92 Å². The van der Waals surface area contributed by atoms with Crippen LogP contribution in [0.5, 0.6) is 0 Å². The molecule has 0 bridgehead atoms. The van der Waals surface area contributed by atoms with Crippen molar-refractivity contribution in [2.24, 2.45) is 5.92 Å². The fraction of sp³-hybridized carbons (Fsp3) is 0.692. The Kier molecular flexibility index (Phi) is 4.01. The molecule has 5 nitrogen and oxygen atoms in total. The zero-order valence-electron chi connectivity index (χ0n) is 11.4. The predicted molar refractivity (Wildman–Crippen MR) is 73.1 cm³/mol. The molecule has 18 heavy (non-hydrogen) atoms. The van der Waals surface area contributed by atoms with Gasteiger partial charge in [0.25, 0.3) is 0 Å². The Hall–Kier alpha value is -1.36. The summed E-state index contributed by atoms with van der Waals surface area (Å²) in [6.07, 6.45) is 1.87. The lowest BCUT2D eigenvalue weighted by Crippen LogP contribution is -2.24. The number of aliphatic hydroxyl groups excluding tert-OH is 1. The number of aliphatic hydroxyl groups is 1. The van der Waals surface area contributed by atoms with Gasteiger partial charge >= 0.3 is 0 Å². The Morgan fingerprint density at radius 1 is 1.44 bits per heavy atom. The average Bonchev–Trinajstić information content (AvgIpc) is 2.87. The lowest BCUT2D eigenvalue weighted by atomic mass is 10.1. The van der Waals surface area contributed by atoms with E-state index in [-0.39, 0.29) is 6.61 Å². The van der Waals surface area contributed by atoms with Crippen molar-refractivity contribution in [1.29, 1.82) is 0 Å². The number of aryl methyl sites for hydroxylation is 1. The van der Waals surface area contributed by atoms with Gasteiger partial charge in [0.05, 0.1) is 0 Å². The summed E-state index contributed by atoms with van der Waals surface area (Å²) in [6.45, 7) is 6.23. The van der Waals surface area contributed by atoms with Crippen molar-refractivity contribution in [3.8, 4) is 0 Å². The molecule has 1 aromatic heterocycles. The van der Waals surface area contributed by atoms with Gasteiger partial charge < -0.3 is 15.3 Å². The van der Waals surface area contributed by atoms with Crippen LogP contribution in [0.25, 0.3) is 0 Å². The third-order valence-corrected chi connectivity index (χ3v) is 3.56. The van der Waals surface area contributed by atoms with Crippen molar-refractivity contribution in [2.45, 2.75) is 26.7 Å². The quantitative estimate of drug-likeness (QED) is 0.841. The second kappa shape index (κ2) is 5.52. The van der Waals surface area contributed by atoms with Crippen molar-refractivity contribution < 1.29 is 5.11 Å². The molecular weight excluding hydrogens is 228 g/mol. The van der Waals surface area contributed by atoms with Gasteiger partial charge in [-0.05, 0) is 13.3 Å². The number of nitrogens with zero attached hydrogens (tertiary/aromatic N) is 3. The standard InChI is InChI=1S/C13H22N4O/c1-4-11-15-12(14-3)9(2)13(16-11)17-6-5-10(7-17)8-18/h10,18H,4-8H2,1-3H3,(H,14,15,16). The molecule has 1 aliphatic rings. The van der Waals surface area contributed by atoms with Crippen LogP contribution >= 0.6 is 0 Å². The maximum Gasteiger partial charge on any atom is 0.137 e. The van der Waals surface area contributed by atoms with E-state index >= 15 is 0 Å². The van der Waals surface area contributed by atoms with Crippen molar-refractivity contribution in [2.75, 3.05) is 37.0 Å². The summed E-state index contributed by atoms with van der Waals surface area (Å²) in [5.41, 5.74) is 1.09. The second-order valence-electron chi connectivity index (χ2n) is 4.82. The first-order chi connectivity index (χ1) is 8.69. The lowest BCUT2D eigenvalue weighted by Gasteiger charge is -2.21. The van der Waals surface area contributed by atoms with Crippen LogP contribution in [0, 0.1) is 12.8 Å². The SMILES string of the molecule is CCc1nc(NC)c(C)c(N2CCC(CO)C2)n1. The van der Waals surface area contributed by atoms with Crippen molar-refractivity contribution in [3.63, 3.8) is 0 Å². The molecule has 1 aliphatic heterocycles. The van der Waals surface area contributed by atoms with E-state index in [1.165, 1.54) is 0 Å². The van der Waals surface area contributed by atoms with Crippen LogP contribution in [0.4, 0.5) is 11.6 Å². The third-order valence-electron chi connectivity index (χ3n) is 3.56. The van der Waals surface area contributed by atoms with E-state index < -0.39 is 0 Å². The van der Waals surface area contributed by atoms with Crippen LogP contribution < -0.4 is 10.2 Å². The van der Waals surface area contributed by atoms with Gasteiger partial charge in [0.15, 0.2) is 0 Å². The first-order valence-corrected chi connectivity index (χ1v) is 6.60. The molecule has 0 radical (unpaired) electrons. The lowest BCUT2D eigenvalue weighted by molar-refractivity contribution is 0.238. The average molecular weight is 250 g/mol. The van der Waals surface area contributed by atoms with Gasteiger partial charge in [-0.25, -0.2) is 9.97 Å². The first-order valence-electron chi connectivity index (χ1n) is 6.60. The fourth-order valence-electron chi connectivity index (χ4n) is 2.43. The number of aromatic nitrogens is 2. The highest BCUT2D eigenvalue weighted by atomic mass is 16.3. The molecule has 0 saturated carbocycles. The van der Waals surface area contributed by atoms with Crippen molar-refractivity contribution >= 4 is 11.6 Å². The Morgan fingerprint density at radius 2 is 2.22 bits per heavy atom. The van der Waals surface area contributed by atoms with E-state index in [2.05, 4.69) is 27.1 Å². The molecule has 2 N–H and O–H groups in total. The molecule has 0 aliphatic carbocycles. The summed E-state index contributed by atoms with van der Waals surface area (Å²) in [6, 6.07) is 0. The molecule has 0 spiro atoms. The van der Waals surface area contributed by atoms with E-state index in [4.69, 9.17) is 0 Å². The Bertz CT molecular complexity index is 422. The summed E-state index contributed by atoms with van der Waals surface area (Å²) in [4.78, 5) is 11.4. The summed E-state index contributed by atoms with van der Waals surface area (Å²) >= 11 is 0. The zero-order valence-corrected chi connectivity index (χ0v) is 11.4. The number of anilines is 2. The smallest absolute Gasteiger partial charge is 0.137 e. The molecule has 100 valence electrons. The first kappa shape index (κ1) is 13.1. The molecule has 0 aromatic carbocycles. The summed E-state index contributed by atoms with van der Waals surface area (Å²) in [5, 5.41) is 12.4. The van der Waals surface area contributed by atoms with Crippen LogP contribution in [0.3, 0.4) is 0 Å². The maximum absolute atomic E-state index is 9.23. The van der Waals surface area contributed by atoms with Gasteiger partial charge in [-0.3, -0.25) is 0 Å². The largest absolute Gasteiger partial charge is 0.396 e. The van der Waals surface area contributed by atoms with Crippen LogP contribution in [-0.2, 0) is 6.42 Å².